The van der Waals surface area contributed by atoms with Gasteiger partial charge in [0.25, 0.3) is 0 Å². The number of ether oxygens (including phenoxy) is 1. The van der Waals surface area contributed by atoms with Gasteiger partial charge >= 0.3 is 5.97 Å². The Kier molecular flexibility index (Phi) is 8.68. The number of carboxylic acids is 1. The Bertz CT molecular complexity index is 951. The van der Waals surface area contributed by atoms with Gasteiger partial charge in [-0.05, 0) is 72.5 Å². The highest BCUT2D eigenvalue weighted by Crippen LogP contribution is 2.33. The first-order valence-corrected chi connectivity index (χ1v) is 11.7. The van der Waals surface area contributed by atoms with E-state index in [1.165, 1.54) is 21.6 Å². The quantitative estimate of drug-likeness (QED) is 0.345. The average molecular weight is 438 g/mol. The van der Waals surface area contributed by atoms with Crippen LogP contribution in [0.15, 0.2) is 60.0 Å². The number of benzene rings is 2. The van der Waals surface area contributed by atoms with Crippen molar-refractivity contribution in [2.45, 2.75) is 45.6 Å². The van der Waals surface area contributed by atoms with E-state index in [9.17, 15) is 4.79 Å². The highest BCUT2D eigenvalue weighted by atomic mass is 32.1. The molecule has 3 rings (SSSR count). The molecule has 0 fully saturated rings. The molecule has 4 nitrogen and oxygen atoms in total. The minimum atomic E-state index is -0.782. The number of carboxylic acid groups (broad SMARTS) is 1. The molecule has 0 aliphatic carbocycles. The molecule has 164 valence electrons. The normalized spacial score (nSPS) is 11.9. The highest BCUT2D eigenvalue weighted by Gasteiger charge is 2.16. The van der Waals surface area contributed by atoms with Crippen molar-refractivity contribution < 1.29 is 14.6 Å². The van der Waals surface area contributed by atoms with Crippen LogP contribution >= 0.6 is 11.3 Å². The predicted molar refractivity (Wildman–Crippen MR) is 127 cm³/mol. The average Bonchev–Trinajstić information content (AvgIpc) is 3.29. The fourth-order valence-electron chi connectivity index (χ4n) is 3.55. The Labute approximate surface area is 188 Å². The fourth-order valence-corrected chi connectivity index (χ4v) is 4.44. The molecule has 31 heavy (non-hydrogen) atoms. The zero-order chi connectivity index (χ0) is 22.1. The summed E-state index contributed by atoms with van der Waals surface area (Å²) in [6, 6.07) is 19.2. The van der Waals surface area contributed by atoms with Crippen molar-refractivity contribution in [1.29, 1.82) is 0 Å². The van der Waals surface area contributed by atoms with Crippen LogP contribution in [-0.4, -0.2) is 24.2 Å². The number of thiophene rings is 1. The summed E-state index contributed by atoms with van der Waals surface area (Å²) >= 11 is 1.82. The van der Waals surface area contributed by atoms with E-state index in [0.29, 0.717) is 25.6 Å². The van der Waals surface area contributed by atoms with E-state index in [1.54, 1.807) is 0 Å². The lowest BCUT2D eigenvalue weighted by atomic mass is 9.90. The van der Waals surface area contributed by atoms with Gasteiger partial charge in [-0.3, -0.25) is 4.79 Å². The van der Waals surface area contributed by atoms with Crippen LogP contribution in [0.3, 0.4) is 0 Å². The van der Waals surface area contributed by atoms with Gasteiger partial charge in [0.05, 0.1) is 13.0 Å². The summed E-state index contributed by atoms with van der Waals surface area (Å²) < 4.78 is 5.97. The molecule has 0 saturated carbocycles. The Morgan fingerprint density at radius 1 is 1.10 bits per heavy atom. The molecule has 0 aliphatic rings. The first-order chi connectivity index (χ1) is 15.0. The molecule has 0 aliphatic heterocycles. The number of aliphatic carboxylic acids is 1. The van der Waals surface area contributed by atoms with E-state index in [0.717, 1.165) is 24.2 Å². The smallest absolute Gasteiger partial charge is 0.304 e. The topological polar surface area (TPSA) is 58.6 Å². The second-order valence-corrected chi connectivity index (χ2v) is 8.85. The second kappa shape index (κ2) is 11.7. The lowest BCUT2D eigenvalue weighted by Gasteiger charge is -2.18. The van der Waals surface area contributed by atoms with Crippen molar-refractivity contribution in [2.75, 3.05) is 13.2 Å². The number of hydrogen-bond acceptors (Lipinski definition) is 4. The van der Waals surface area contributed by atoms with Crippen LogP contribution < -0.4 is 10.1 Å². The Hall–Kier alpha value is -2.63. The summed E-state index contributed by atoms with van der Waals surface area (Å²) in [5.41, 5.74) is 5.17. The number of nitrogens with one attached hydrogen (secondary N) is 1. The summed E-state index contributed by atoms with van der Waals surface area (Å²) in [6.45, 7) is 6.15. The second-order valence-electron chi connectivity index (χ2n) is 7.87. The molecule has 0 amide bonds. The van der Waals surface area contributed by atoms with Crippen LogP contribution in [0, 0.1) is 13.8 Å². The summed E-state index contributed by atoms with van der Waals surface area (Å²) in [5.74, 6) is 0.491. The lowest BCUT2D eigenvalue weighted by molar-refractivity contribution is -0.136. The molecule has 5 heteroatoms. The summed E-state index contributed by atoms with van der Waals surface area (Å²) in [6.07, 6.45) is 2.17. The molecule has 0 bridgehead atoms. The molecule has 2 aromatic carbocycles. The lowest BCUT2D eigenvalue weighted by Crippen LogP contribution is -2.17. The molecule has 0 saturated heterocycles. The highest BCUT2D eigenvalue weighted by molar-refractivity contribution is 7.10. The Morgan fingerprint density at radius 2 is 1.90 bits per heavy atom. The zero-order valence-electron chi connectivity index (χ0n) is 18.3. The van der Waals surface area contributed by atoms with E-state index >= 15 is 0 Å². The SMILES string of the molecule is Cc1ccc(C(CCCOc2ccc(CNCCC(=O)O)cc2)c2cccs2)cc1C. The fraction of sp³-hybridized carbons (Fsp3) is 0.346. The van der Waals surface area contributed by atoms with Crippen LogP contribution in [0.5, 0.6) is 5.75 Å². The van der Waals surface area contributed by atoms with Crippen LogP contribution in [0.25, 0.3) is 0 Å². The van der Waals surface area contributed by atoms with Gasteiger partial charge in [-0.15, -0.1) is 11.3 Å². The standard InChI is InChI=1S/C26H31NO3S/c1-19-7-10-22(17-20(19)2)24(25-6-4-16-31-25)5-3-15-30-23-11-8-21(9-12-23)18-27-14-13-26(28)29/h4,6-12,16-17,24,27H,3,5,13-15,18H2,1-2H3,(H,28,29). The molecule has 1 unspecified atom stereocenters. The van der Waals surface area contributed by atoms with Crippen molar-refractivity contribution in [3.8, 4) is 5.75 Å². The molecular formula is C26H31NO3S. The van der Waals surface area contributed by atoms with E-state index in [-0.39, 0.29) is 6.42 Å². The van der Waals surface area contributed by atoms with Gasteiger partial charge in [0, 0.05) is 23.9 Å². The number of carbonyl (C=O) groups is 1. The van der Waals surface area contributed by atoms with Crippen LogP contribution in [0.1, 0.15) is 52.3 Å². The molecule has 2 N–H and O–H groups in total. The van der Waals surface area contributed by atoms with Crippen molar-refractivity contribution in [3.05, 3.63) is 87.1 Å². The zero-order valence-corrected chi connectivity index (χ0v) is 19.1. The maximum atomic E-state index is 10.5. The van der Waals surface area contributed by atoms with Gasteiger partial charge in [-0.1, -0.05) is 36.4 Å². The third-order valence-electron chi connectivity index (χ3n) is 5.49. The first kappa shape index (κ1) is 23.0. The molecule has 0 spiro atoms. The van der Waals surface area contributed by atoms with Crippen LogP contribution in [0.4, 0.5) is 0 Å². The molecule has 3 aromatic rings. The number of hydrogen-bond donors (Lipinski definition) is 2. The van der Waals surface area contributed by atoms with E-state index in [4.69, 9.17) is 9.84 Å². The number of rotatable bonds is 12. The maximum Gasteiger partial charge on any atom is 0.304 e. The first-order valence-electron chi connectivity index (χ1n) is 10.8. The minimum absolute atomic E-state index is 0.135. The van der Waals surface area contributed by atoms with Crippen molar-refractivity contribution in [1.82, 2.24) is 5.32 Å². The predicted octanol–water partition coefficient (Wildman–Crippen LogP) is 5.92. The molecule has 1 aromatic heterocycles. The molecule has 0 radical (unpaired) electrons. The van der Waals surface area contributed by atoms with Crippen molar-refractivity contribution >= 4 is 17.3 Å². The molecular weight excluding hydrogens is 406 g/mol. The van der Waals surface area contributed by atoms with Crippen molar-refractivity contribution in [3.63, 3.8) is 0 Å². The molecule has 1 heterocycles. The van der Waals surface area contributed by atoms with Gasteiger partial charge in [-0.2, -0.15) is 0 Å². The van der Waals surface area contributed by atoms with Crippen LogP contribution in [-0.2, 0) is 11.3 Å². The van der Waals surface area contributed by atoms with E-state index in [2.05, 4.69) is 54.9 Å². The van der Waals surface area contributed by atoms with Gasteiger partial charge < -0.3 is 15.2 Å². The third kappa shape index (κ3) is 7.23. The third-order valence-corrected chi connectivity index (χ3v) is 6.48. The van der Waals surface area contributed by atoms with Gasteiger partial charge in [0.2, 0.25) is 0 Å². The Morgan fingerprint density at radius 3 is 2.58 bits per heavy atom. The summed E-state index contributed by atoms with van der Waals surface area (Å²) in [7, 11) is 0. The van der Waals surface area contributed by atoms with E-state index < -0.39 is 5.97 Å². The minimum Gasteiger partial charge on any atom is -0.494 e. The van der Waals surface area contributed by atoms with Gasteiger partial charge in [0.1, 0.15) is 5.75 Å². The van der Waals surface area contributed by atoms with E-state index in [1.807, 2.05) is 35.6 Å². The van der Waals surface area contributed by atoms with Gasteiger partial charge in [0.15, 0.2) is 0 Å². The maximum absolute atomic E-state index is 10.5. The van der Waals surface area contributed by atoms with Crippen molar-refractivity contribution in [2.24, 2.45) is 0 Å². The summed E-state index contributed by atoms with van der Waals surface area (Å²) in [5, 5.41) is 14.0. The van der Waals surface area contributed by atoms with Crippen LogP contribution in [0.2, 0.25) is 0 Å². The summed E-state index contributed by atoms with van der Waals surface area (Å²) in [4.78, 5) is 11.9. The van der Waals surface area contributed by atoms with Gasteiger partial charge in [-0.25, -0.2) is 0 Å². The molecule has 1 atom stereocenters. The Balaban J connectivity index is 1.48. The largest absolute Gasteiger partial charge is 0.494 e. The monoisotopic (exact) mass is 437 g/mol. The number of aryl methyl sites for hydroxylation is 2.